The molecule has 6 heteroatoms. The molecule has 19 heavy (non-hydrogen) atoms. The zero-order chi connectivity index (χ0) is 13.2. The van der Waals surface area contributed by atoms with E-state index in [1.165, 1.54) is 11.3 Å². The van der Waals surface area contributed by atoms with Crippen LogP contribution < -0.4 is 0 Å². The van der Waals surface area contributed by atoms with E-state index in [0.717, 1.165) is 20.6 Å². The van der Waals surface area contributed by atoms with Crippen LogP contribution in [0.1, 0.15) is 4.88 Å². The number of hydrogen-bond donors (Lipinski definition) is 0. The minimum absolute atomic E-state index is 0.378. The Bertz CT molecular complexity index is 691. The minimum atomic E-state index is 0.378. The van der Waals surface area contributed by atoms with Crippen molar-refractivity contribution in [1.29, 1.82) is 0 Å². The van der Waals surface area contributed by atoms with Gasteiger partial charge < -0.3 is 0 Å². The van der Waals surface area contributed by atoms with Gasteiger partial charge in [-0.05, 0) is 23.7 Å². The largest absolute Gasteiger partial charge is 0.292 e. The Kier molecular flexibility index (Phi) is 3.55. The Morgan fingerprint density at radius 3 is 2.47 bits per heavy atom. The average Bonchev–Trinajstić information content (AvgIpc) is 2.99. The van der Waals surface area contributed by atoms with Crippen LogP contribution in [0.2, 0.25) is 9.62 Å². The van der Waals surface area contributed by atoms with Crippen molar-refractivity contribution in [2.45, 2.75) is 6.54 Å². The van der Waals surface area contributed by atoms with Crippen LogP contribution in [0.15, 0.2) is 42.5 Å². The van der Waals surface area contributed by atoms with Crippen molar-refractivity contribution in [3.63, 3.8) is 0 Å². The summed E-state index contributed by atoms with van der Waals surface area (Å²) in [7, 11) is 0. The third kappa shape index (κ3) is 2.66. The highest BCUT2D eigenvalue weighted by Gasteiger charge is 2.13. The second-order valence-corrected chi connectivity index (χ2v) is 6.09. The molecule has 3 aromatic rings. The van der Waals surface area contributed by atoms with E-state index < -0.39 is 0 Å². The Morgan fingerprint density at radius 2 is 1.79 bits per heavy atom. The maximum Gasteiger partial charge on any atom is 0.225 e. The first-order valence-electron chi connectivity index (χ1n) is 5.62. The number of hydrogen-bond acceptors (Lipinski definition) is 3. The lowest BCUT2D eigenvalue weighted by Gasteiger charge is -2.06. The molecule has 3 nitrogen and oxygen atoms in total. The molecular formula is C13H9Cl2N3S. The molecule has 0 atom stereocenters. The molecule has 96 valence electrons. The summed E-state index contributed by atoms with van der Waals surface area (Å²) >= 11 is 13.6. The summed E-state index contributed by atoms with van der Waals surface area (Å²) in [5, 5.41) is 8.47. The van der Waals surface area contributed by atoms with E-state index in [2.05, 4.69) is 10.2 Å². The van der Waals surface area contributed by atoms with E-state index >= 15 is 0 Å². The zero-order valence-electron chi connectivity index (χ0n) is 9.75. The van der Waals surface area contributed by atoms with Gasteiger partial charge in [0, 0.05) is 10.4 Å². The Balaban J connectivity index is 1.99. The molecule has 0 saturated heterocycles. The third-order valence-corrected chi connectivity index (χ3v) is 4.18. The predicted molar refractivity (Wildman–Crippen MR) is 78.9 cm³/mol. The highest BCUT2D eigenvalue weighted by Crippen LogP contribution is 2.26. The normalized spacial score (nSPS) is 10.8. The monoisotopic (exact) mass is 309 g/mol. The fourth-order valence-corrected chi connectivity index (χ4v) is 3.07. The summed E-state index contributed by atoms with van der Waals surface area (Å²) in [6.07, 6.45) is 0. The van der Waals surface area contributed by atoms with Crippen molar-refractivity contribution in [3.05, 3.63) is 57.0 Å². The molecule has 0 aliphatic heterocycles. The minimum Gasteiger partial charge on any atom is -0.292 e. The van der Waals surface area contributed by atoms with Gasteiger partial charge in [-0.15, -0.1) is 21.5 Å². The molecule has 0 bridgehead atoms. The second-order valence-electron chi connectivity index (χ2n) is 3.95. The Hall–Kier alpha value is -1.36. The summed E-state index contributed by atoms with van der Waals surface area (Å²) in [5.41, 5.74) is 0.990. The molecule has 2 aromatic heterocycles. The standard InChI is InChI=1S/C13H9Cl2N3S/c14-11-7-6-10(19-11)8-18-12(16-17-13(18)15)9-4-2-1-3-5-9/h1-7H,8H2. The van der Waals surface area contributed by atoms with Crippen LogP contribution in [0.3, 0.4) is 0 Å². The van der Waals surface area contributed by atoms with Crippen LogP contribution in [0.25, 0.3) is 11.4 Å². The number of aromatic nitrogens is 3. The van der Waals surface area contributed by atoms with E-state index in [9.17, 15) is 0 Å². The van der Waals surface area contributed by atoms with Crippen LogP contribution in [0.5, 0.6) is 0 Å². The van der Waals surface area contributed by atoms with E-state index in [0.29, 0.717) is 11.8 Å². The molecule has 0 unspecified atom stereocenters. The van der Waals surface area contributed by atoms with Gasteiger partial charge >= 0.3 is 0 Å². The molecule has 0 saturated carbocycles. The lowest BCUT2D eigenvalue weighted by molar-refractivity contribution is 0.817. The van der Waals surface area contributed by atoms with Crippen LogP contribution in [0.4, 0.5) is 0 Å². The Labute approximate surface area is 124 Å². The molecule has 0 aliphatic rings. The van der Waals surface area contributed by atoms with Crippen molar-refractivity contribution < 1.29 is 0 Å². The molecular weight excluding hydrogens is 301 g/mol. The fraction of sp³-hybridized carbons (Fsp3) is 0.0769. The van der Waals surface area contributed by atoms with Gasteiger partial charge in [0.05, 0.1) is 10.9 Å². The molecule has 0 amide bonds. The molecule has 0 N–H and O–H groups in total. The average molecular weight is 310 g/mol. The van der Waals surface area contributed by atoms with E-state index in [1.54, 1.807) is 0 Å². The van der Waals surface area contributed by atoms with Crippen LogP contribution >= 0.6 is 34.5 Å². The summed E-state index contributed by atoms with van der Waals surface area (Å²) in [6.45, 7) is 0.618. The Morgan fingerprint density at radius 1 is 1.00 bits per heavy atom. The van der Waals surface area contributed by atoms with E-state index in [4.69, 9.17) is 23.2 Å². The fourth-order valence-electron chi connectivity index (χ4n) is 1.82. The topological polar surface area (TPSA) is 30.7 Å². The SMILES string of the molecule is Clc1ccc(Cn2c(Cl)nnc2-c2ccccc2)s1. The van der Waals surface area contributed by atoms with E-state index in [1.807, 2.05) is 47.0 Å². The predicted octanol–water partition coefficient (Wildman–Crippen LogP) is 4.36. The second kappa shape index (κ2) is 5.33. The van der Waals surface area contributed by atoms with Gasteiger partial charge in [-0.2, -0.15) is 0 Å². The van der Waals surface area contributed by atoms with Gasteiger partial charge in [0.25, 0.3) is 0 Å². The summed E-state index contributed by atoms with van der Waals surface area (Å²) in [4.78, 5) is 1.11. The summed E-state index contributed by atoms with van der Waals surface area (Å²) in [6, 6.07) is 13.7. The summed E-state index contributed by atoms with van der Waals surface area (Å²) < 4.78 is 2.64. The maximum absolute atomic E-state index is 6.11. The number of thiophene rings is 1. The number of halogens is 2. The van der Waals surface area contributed by atoms with Crippen LogP contribution in [0, 0.1) is 0 Å². The number of nitrogens with zero attached hydrogens (tertiary/aromatic N) is 3. The van der Waals surface area contributed by atoms with Crippen molar-refractivity contribution in [3.8, 4) is 11.4 Å². The molecule has 2 heterocycles. The van der Waals surface area contributed by atoms with Gasteiger partial charge in [-0.1, -0.05) is 41.9 Å². The molecule has 0 aliphatic carbocycles. The van der Waals surface area contributed by atoms with Gasteiger partial charge in [0.2, 0.25) is 5.28 Å². The molecule has 1 aromatic carbocycles. The van der Waals surface area contributed by atoms with Gasteiger partial charge in [-0.3, -0.25) is 4.57 Å². The van der Waals surface area contributed by atoms with Crippen molar-refractivity contribution in [2.24, 2.45) is 0 Å². The highest BCUT2D eigenvalue weighted by molar-refractivity contribution is 7.16. The molecule has 0 spiro atoms. The van der Waals surface area contributed by atoms with Crippen LogP contribution in [-0.2, 0) is 6.54 Å². The first-order valence-corrected chi connectivity index (χ1v) is 7.19. The quantitative estimate of drug-likeness (QED) is 0.719. The highest BCUT2D eigenvalue weighted by atomic mass is 35.5. The van der Waals surface area contributed by atoms with Crippen molar-refractivity contribution >= 4 is 34.5 Å². The van der Waals surface area contributed by atoms with Gasteiger partial charge in [0.15, 0.2) is 5.82 Å². The van der Waals surface area contributed by atoms with Crippen LogP contribution in [-0.4, -0.2) is 14.8 Å². The summed E-state index contributed by atoms with van der Waals surface area (Å²) in [5.74, 6) is 0.759. The number of benzene rings is 1. The van der Waals surface area contributed by atoms with Gasteiger partial charge in [0.1, 0.15) is 0 Å². The lowest BCUT2D eigenvalue weighted by atomic mass is 10.2. The first kappa shape index (κ1) is 12.7. The maximum atomic E-state index is 6.11. The lowest BCUT2D eigenvalue weighted by Crippen LogP contribution is -2.01. The molecule has 0 fully saturated rings. The van der Waals surface area contributed by atoms with E-state index in [-0.39, 0.29) is 0 Å². The smallest absolute Gasteiger partial charge is 0.225 e. The molecule has 0 radical (unpaired) electrons. The third-order valence-electron chi connectivity index (χ3n) is 2.68. The van der Waals surface area contributed by atoms with Crippen molar-refractivity contribution in [2.75, 3.05) is 0 Å². The number of rotatable bonds is 3. The molecule has 3 rings (SSSR count). The first-order chi connectivity index (χ1) is 9.24. The van der Waals surface area contributed by atoms with Gasteiger partial charge in [-0.25, -0.2) is 0 Å². The van der Waals surface area contributed by atoms with Crippen molar-refractivity contribution in [1.82, 2.24) is 14.8 Å². The zero-order valence-corrected chi connectivity index (χ0v) is 12.1.